The molecule has 1 aromatic heterocycles. The van der Waals surface area contributed by atoms with Crippen LogP contribution in [-0.2, 0) is 20.7 Å². The highest BCUT2D eigenvalue weighted by Crippen LogP contribution is 2.39. The number of H-pyrrole nitrogens is 1. The summed E-state index contributed by atoms with van der Waals surface area (Å²) in [5, 5.41) is 1.81. The highest BCUT2D eigenvalue weighted by atomic mass is 35.5. The number of ether oxygens (including phenoxy) is 2. The van der Waals surface area contributed by atoms with Gasteiger partial charge in [0.2, 0.25) is 5.91 Å². The monoisotopic (exact) mass is 468 g/mol. The Morgan fingerprint density at radius 3 is 2.67 bits per heavy atom. The van der Waals surface area contributed by atoms with Crippen molar-refractivity contribution >= 4 is 34.4 Å². The SMILES string of the molecule is CCCCC(=O)N1CCc2c([nH]c3ccc(Cl)cc23)C1c1ccc(OCC(=O)OCC)cc1. The van der Waals surface area contributed by atoms with E-state index < -0.39 is 5.97 Å². The van der Waals surface area contributed by atoms with Gasteiger partial charge in [-0.15, -0.1) is 0 Å². The van der Waals surface area contributed by atoms with Crippen molar-refractivity contribution in [1.29, 1.82) is 0 Å². The number of halogens is 1. The number of aromatic nitrogens is 1. The normalized spacial score (nSPS) is 15.4. The maximum absolute atomic E-state index is 13.1. The van der Waals surface area contributed by atoms with E-state index in [0.717, 1.165) is 41.4 Å². The number of rotatable bonds is 8. The van der Waals surface area contributed by atoms with E-state index in [9.17, 15) is 9.59 Å². The Hall–Kier alpha value is -2.99. The maximum atomic E-state index is 13.1. The van der Waals surface area contributed by atoms with Gasteiger partial charge in [0.25, 0.3) is 0 Å². The molecule has 0 saturated heterocycles. The van der Waals surface area contributed by atoms with E-state index in [1.165, 1.54) is 5.56 Å². The molecule has 1 aliphatic heterocycles. The van der Waals surface area contributed by atoms with Crippen molar-refractivity contribution in [3.63, 3.8) is 0 Å². The van der Waals surface area contributed by atoms with Crippen LogP contribution in [0.5, 0.6) is 5.75 Å². The summed E-state index contributed by atoms with van der Waals surface area (Å²) in [5.41, 5.74) is 4.25. The van der Waals surface area contributed by atoms with Gasteiger partial charge in [0.05, 0.1) is 12.6 Å². The Labute approximate surface area is 198 Å². The van der Waals surface area contributed by atoms with Crippen LogP contribution < -0.4 is 4.74 Å². The maximum Gasteiger partial charge on any atom is 0.344 e. The fourth-order valence-corrected chi connectivity index (χ4v) is 4.61. The number of esters is 1. The summed E-state index contributed by atoms with van der Waals surface area (Å²) in [6.45, 7) is 4.70. The van der Waals surface area contributed by atoms with Gasteiger partial charge in [0, 0.05) is 34.6 Å². The number of carbonyl (C=O) groups is 2. The van der Waals surface area contributed by atoms with Crippen LogP contribution in [0.4, 0.5) is 0 Å². The van der Waals surface area contributed by atoms with E-state index in [0.29, 0.717) is 30.3 Å². The first-order valence-electron chi connectivity index (χ1n) is 11.5. The molecule has 174 valence electrons. The summed E-state index contributed by atoms with van der Waals surface area (Å²) in [7, 11) is 0. The van der Waals surface area contributed by atoms with Crippen molar-refractivity contribution in [1.82, 2.24) is 9.88 Å². The Kier molecular flexibility index (Phi) is 7.23. The molecule has 1 N–H and O–H groups in total. The number of hydrogen-bond acceptors (Lipinski definition) is 4. The molecule has 33 heavy (non-hydrogen) atoms. The van der Waals surface area contributed by atoms with Crippen LogP contribution in [0.25, 0.3) is 10.9 Å². The van der Waals surface area contributed by atoms with E-state index >= 15 is 0 Å². The van der Waals surface area contributed by atoms with Gasteiger partial charge in [-0.2, -0.15) is 0 Å². The zero-order valence-corrected chi connectivity index (χ0v) is 19.8. The van der Waals surface area contributed by atoms with Gasteiger partial charge >= 0.3 is 5.97 Å². The van der Waals surface area contributed by atoms with Crippen molar-refractivity contribution in [3.8, 4) is 5.75 Å². The lowest BCUT2D eigenvalue weighted by Gasteiger charge is -2.36. The molecule has 7 heteroatoms. The number of hydrogen-bond donors (Lipinski definition) is 1. The third kappa shape index (κ3) is 5.01. The van der Waals surface area contributed by atoms with Crippen LogP contribution in [0.15, 0.2) is 42.5 Å². The predicted octanol–water partition coefficient (Wildman–Crippen LogP) is 5.43. The average Bonchev–Trinajstić information content (AvgIpc) is 3.19. The van der Waals surface area contributed by atoms with E-state index in [1.807, 2.05) is 47.4 Å². The fourth-order valence-electron chi connectivity index (χ4n) is 4.44. The molecule has 0 fully saturated rings. The predicted molar refractivity (Wildman–Crippen MR) is 129 cm³/mol. The van der Waals surface area contributed by atoms with Crippen molar-refractivity contribution in [3.05, 3.63) is 64.3 Å². The van der Waals surface area contributed by atoms with Gasteiger partial charge in [-0.25, -0.2) is 4.79 Å². The standard InChI is InChI=1S/C26H29ClN2O4/c1-3-5-6-23(30)29-14-13-20-21-15-18(27)9-12-22(21)28-25(20)26(29)17-7-10-19(11-8-17)33-16-24(31)32-4-2/h7-12,15,26,28H,3-6,13-14,16H2,1-2H3. The molecule has 0 radical (unpaired) electrons. The van der Waals surface area contributed by atoms with Gasteiger partial charge in [-0.1, -0.05) is 37.1 Å². The first-order chi connectivity index (χ1) is 16.0. The molecular weight excluding hydrogens is 440 g/mol. The van der Waals surface area contributed by atoms with E-state index in [-0.39, 0.29) is 18.6 Å². The first kappa shape index (κ1) is 23.2. The van der Waals surface area contributed by atoms with Crippen LogP contribution >= 0.6 is 11.6 Å². The summed E-state index contributed by atoms with van der Waals surface area (Å²) in [6, 6.07) is 13.2. The zero-order valence-electron chi connectivity index (χ0n) is 19.0. The summed E-state index contributed by atoms with van der Waals surface area (Å²) >= 11 is 6.27. The molecule has 6 nitrogen and oxygen atoms in total. The van der Waals surface area contributed by atoms with Gasteiger partial charge in [0.1, 0.15) is 5.75 Å². The lowest BCUT2D eigenvalue weighted by molar-refractivity contribution is -0.145. The third-order valence-corrected chi connectivity index (χ3v) is 6.25. The number of unbranched alkanes of at least 4 members (excludes halogenated alkanes) is 1. The highest BCUT2D eigenvalue weighted by molar-refractivity contribution is 6.31. The quantitative estimate of drug-likeness (QED) is 0.447. The van der Waals surface area contributed by atoms with Gasteiger partial charge < -0.3 is 19.4 Å². The smallest absolute Gasteiger partial charge is 0.344 e. The molecule has 0 bridgehead atoms. The topological polar surface area (TPSA) is 71.6 Å². The molecule has 0 saturated carbocycles. The minimum Gasteiger partial charge on any atom is -0.482 e. The highest BCUT2D eigenvalue weighted by Gasteiger charge is 2.34. The molecule has 2 aromatic carbocycles. The molecular formula is C26H29ClN2O4. The number of carbonyl (C=O) groups excluding carboxylic acids is 2. The number of nitrogens with one attached hydrogen (secondary N) is 1. The summed E-state index contributed by atoms with van der Waals surface area (Å²) in [6.07, 6.45) is 3.17. The number of nitrogens with zero attached hydrogens (tertiary/aromatic N) is 1. The Bertz CT molecular complexity index is 1140. The number of amides is 1. The van der Waals surface area contributed by atoms with E-state index in [4.69, 9.17) is 21.1 Å². The van der Waals surface area contributed by atoms with Crippen molar-refractivity contribution in [2.24, 2.45) is 0 Å². The van der Waals surface area contributed by atoms with Crippen LogP contribution in [-0.4, -0.2) is 41.5 Å². The average molecular weight is 469 g/mol. The second-order valence-electron chi connectivity index (χ2n) is 8.21. The summed E-state index contributed by atoms with van der Waals surface area (Å²) in [5.74, 6) is 0.338. The first-order valence-corrected chi connectivity index (χ1v) is 11.9. The van der Waals surface area contributed by atoms with E-state index in [1.54, 1.807) is 6.92 Å². The Balaban J connectivity index is 1.67. The Morgan fingerprint density at radius 2 is 1.94 bits per heavy atom. The van der Waals surface area contributed by atoms with Crippen LogP contribution in [0.2, 0.25) is 5.02 Å². The second-order valence-corrected chi connectivity index (χ2v) is 8.65. The third-order valence-electron chi connectivity index (χ3n) is 6.01. The largest absolute Gasteiger partial charge is 0.482 e. The minimum atomic E-state index is -0.400. The molecule has 4 rings (SSSR count). The van der Waals surface area contributed by atoms with Gasteiger partial charge in [-0.3, -0.25) is 4.79 Å². The molecule has 1 unspecified atom stereocenters. The molecule has 1 aliphatic rings. The van der Waals surface area contributed by atoms with Gasteiger partial charge in [-0.05, 0) is 61.2 Å². The van der Waals surface area contributed by atoms with Crippen molar-refractivity contribution in [2.75, 3.05) is 19.8 Å². The van der Waals surface area contributed by atoms with Crippen LogP contribution in [0.1, 0.15) is 56.0 Å². The van der Waals surface area contributed by atoms with Crippen LogP contribution in [0, 0.1) is 0 Å². The molecule has 2 heterocycles. The Morgan fingerprint density at radius 1 is 1.15 bits per heavy atom. The van der Waals surface area contributed by atoms with Crippen LogP contribution in [0.3, 0.4) is 0 Å². The van der Waals surface area contributed by atoms with Gasteiger partial charge in [0.15, 0.2) is 6.61 Å². The van der Waals surface area contributed by atoms with Crippen molar-refractivity contribution < 1.29 is 19.1 Å². The van der Waals surface area contributed by atoms with Crippen molar-refractivity contribution in [2.45, 2.75) is 45.6 Å². The molecule has 3 aromatic rings. The minimum absolute atomic E-state index is 0.134. The molecule has 0 aliphatic carbocycles. The molecule has 1 amide bonds. The second kappa shape index (κ2) is 10.3. The summed E-state index contributed by atoms with van der Waals surface area (Å²) < 4.78 is 10.5. The number of benzene rings is 2. The molecule has 1 atom stereocenters. The number of fused-ring (bicyclic) bond motifs is 3. The number of aromatic amines is 1. The lowest BCUT2D eigenvalue weighted by atomic mass is 9.92. The van der Waals surface area contributed by atoms with E-state index in [2.05, 4.69) is 11.9 Å². The fraction of sp³-hybridized carbons (Fsp3) is 0.385. The lowest BCUT2D eigenvalue weighted by Crippen LogP contribution is -2.40. The molecule has 0 spiro atoms. The zero-order chi connectivity index (χ0) is 23.4. The summed E-state index contributed by atoms with van der Waals surface area (Å²) in [4.78, 5) is 30.2.